The van der Waals surface area contributed by atoms with Crippen molar-refractivity contribution in [3.05, 3.63) is 66.1 Å². The van der Waals surface area contributed by atoms with Crippen molar-refractivity contribution in [1.82, 2.24) is 35.1 Å². The summed E-state index contributed by atoms with van der Waals surface area (Å²) in [4.78, 5) is 53.4. The number of fused-ring (bicyclic) bond motifs is 9. The van der Waals surface area contributed by atoms with Crippen molar-refractivity contribution < 1.29 is 40.7 Å². The third kappa shape index (κ3) is 7.91. The van der Waals surface area contributed by atoms with Gasteiger partial charge in [0.2, 0.25) is 40.0 Å². The van der Waals surface area contributed by atoms with Gasteiger partial charge >= 0.3 is 6.01 Å². The van der Waals surface area contributed by atoms with E-state index in [9.17, 15) is 31.6 Å². The van der Waals surface area contributed by atoms with Crippen LogP contribution in [-0.2, 0) is 30.8 Å². The lowest BCUT2D eigenvalue weighted by molar-refractivity contribution is -0.141. The average molecular weight is 805 g/mol. The van der Waals surface area contributed by atoms with Gasteiger partial charge in [-0.05, 0) is 61.8 Å². The Bertz CT molecular complexity index is 2350. The van der Waals surface area contributed by atoms with E-state index in [0.717, 1.165) is 12.0 Å². The van der Waals surface area contributed by atoms with E-state index in [0.29, 0.717) is 53.9 Å². The van der Waals surface area contributed by atoms with Crippen LogP contribution in [-0.4, -0.2) is 93.2 Å². The summed E-state index contributed by atoms with van der Waals surface area (Å²) in [5, 5.41) is 12.9. The molecule has 8 rings (SSSR count). The van der Waals surface area contributed by atoms with Crippen LogP contribution in [0.1, 0.15) is 63.8 Å². The number of ether oxygens (including phenoxy) is 1. The number of nitrogens with zero attached hydrogens (tertiary/aromatic N) is 5. The fourth-order valence-corrected chi connectivity index (χ4v) is 8.81. The molecule has 0 radical (unpaired) electrons. The first kappa shape index (κ1) is 38.4. The Hall–Kier alpha value is -5.52. The minimum absolute atomic E-state index is 0.00754. The molecule has 15 nitrogen and oxygen atoms in total. The summed E-state index contributed by atoms with van der Waals surface area (Å²) in [6, 6.07) is 12.6. The summed E-state index contributed by atoms with van der Waals surface area (Å²) in [5.74, 6) is -4.19. The van der Waals surface area contributed by atoms with E-state index < -0.39 is 75.5 Å². The molecular formula is C39H42F2N8O7S. The number of rotatable bonds is 7. The number of allylic oxidation sites excluding steroid dienone is 1. The number of carbonyl (C=O) groups excluding carboxylic acids is 3. The van der Waals surface area contributed by atoms with Gasteiger partial charge in [-0.1, -0.05) is 61.4 Å². The summed E-state index contributed by atoms with van der Waals surface area (Å²) >= 11 is 0. The molecule has 3 amide bonds. The van der Waals surface area contributed by atoms with E-state index in [-0.39, 0.29) is 30.8 Å². The monoisotopic (exact) mass is 804 g/mol. The van der Waals surface area contributed by atoms with Crippen molar-refractivity contribution >= 4 is 50.9 Å². The lowest BCUT2D eigenvalue weighted by Crippen LogP contribution is -2.58. The molecule has 6 bridgehead atoms. The summed E-state index contributed by atoms with van der Waals surface area (Å²) in [5.41, 5.74) is 1.02. The van der Waals surface area contributed by atoms with Gasteiger partial charge in [-0.15, -0.1) is 5.10 Å². The molecule has 2 aliphatic heterocycles. The van der Waals surface area contributed by atoms with E-state index in [2.05, 4.69) is 20.8 Å². The van der Waals surface area contributed by atoms with Gasteiger partial charge in [0.15, 0.2) is 0 Å². The number of hydrogen-bond donors (Lipinski definition) is 3. The number of nitrogens with one attached hydrogen (secondary N) is 3. The fraction of sp³-hybridized carbons (Fsp3) is 0.462. The number of amides is 3. The number of para-hydroxylation sites is 2. The normalized spacial score (nSPS) is 25.6. The summed E-state index contributed by atoms with van der Waals surface area (Å²) in [6.45, 7) is 3.44. The zero-order valence-electron chi connectivity index (χ0n) is 31.2. The second kappa shape index (κ2) is 15.1. The molecule has 5 atom stereocenters. The maximum Gasteiger partial charge on any atom is 0.316 e. The third-order valence-electron chi connectivity index (χ3n) is 10.8. The first-order valence-electron chi connectivity index (χ1n) is 19.1. The highest BCUT2D eigenvalue weighted by Gasteiger charge is 2.66. The molecule has 2 aromatic carbocycles. The van der Waals surface area contributed by atoms with Gasteiger partial charge in [0.25, 0.3) is 5.91 Å². The Morgan fingerprint density at radius 3 is 2.54 bits per heavy atom. The molecule has 4 aromatic rings. The van der Waals surface area contributed by atoms with Gasteiger partial charge in [-0.2, -0.15) is 0 Å². The van der Waals surface area contributed by atoms with Crippen molar-refractivity contribution in [2.24, 2.45) is 11.8 Å². The lowest BCUT2D eigenvalue weighted by Gasteiger charge is -2.31. The Kier molecular flexibility index (Phi) is 10.2. The van der Waals surface area contributed by atoms with Gasteiger partial charge in [0, 0.05) is 18.4 Å². The Balaban J connectivity index is 1.17. The maximum absolute atomic E-state index is 14.6. The van der Waals surface area contributed by atoms with Crippen LogP contribution >= 0.6 is 0 Å². The Labute approximate surface area is 327 Å². The third-order valence-corrected chi connectivity index (χ3v) is 12.7. The van der Waals surface area contributed by atoms with Crippen molar-refractivity contribution in [2.75, 3.05) is 11.9 Å². The van der Waals surface area contributed by atoms with Gasteiger partial charge in [0.1, 0.15) is 29.4 Å². The minimum Gasteiger partial charge on any atom is -0.471 e. The minimum atomic E-state index is -4.12. The summed E-state index contributed by atoms with van der Waals surface area (Å²) in [6.07, 6.45) is 2.14. The lowest BCUT2D eigenvalue weighted by atomic mass is 10.0. The molecule has 2 aromatic heterocycles. The maximum atomic E-state index is 14.6. The number of sulfonamides is 1. The quantitative estimate of drug-likeness (QED) is 0.240. The van der Waals surface area contributed by atoms with Crippen molar-refractivity contribution in [3.8, 4) is 17.1 Å². The first-order chi connectivity index (χ1) is 27.3. The summed E-state index contributed by atoms with van der Waals surface area (Å²) in [7, 11) is -4.12. The van der Waals surface area contributed by atoms with Gasteiger partial charge < -0.3 is 24.7 Å². The molecule has 18 heteroatoms. The van der Waals surface area contributed by atoms with Crippen molar-refractivity contribution in [2.45, 2.75) is 94.2 Å². The van der Waals surface area contributed by atoms with E-state index in [1.54, 1.807) is 19.9 Å². The Morgan fingerprint density at radius 2 is 1.82 bits per heavy atom. The van der Waals surface area contributed by atoms with Crippen LogP contribution in [0.2, 0.25) is 0 Å². The van der Waals surface area contributed by atoms with E-state index in [4.69, 9.17) is 19.1 Å². The highest BCUT2D eigenvalue weighted by atomic mass is 32.2. The molecule has 0 unspecified atom stereocenters. The molecule has 300 valence electrons. The number of carbonyl (C=O) groups is 3. The average Bonchev–Trinajstić information content (AvgIpc) is 4.08. The second-order valence-corrected chi connectivity index (χ2v) is 17.4. The molecular weight excluding hydrogens is 763 g/mol. The van der Waals surface area contributed by atoms with Crippen LogP contribution in [0, 0.1) is 11.8 Å². The molecule has 3 N–H and O–H groups in total. The largest absolute Gasteiger partial charge is 0.471 e. The topological polar surface area (TPSA) is 199 Å². The zero-order valence-corrected chi connectivity index (χ0v) is 32.0. The smallest absolute Gasteiger partial charge is 0.316 e. The van der Waals surface area contributed by atoms with Gasteiger partial charge in [0.05, 0.1) is 28.7 Å². The van der Waals surface area contributed by atoms with Crippen LogP contribution in [0.4, 0.5) is 14.8 Å². The van der Waals surface area contributed by atoms with Gasteiger partial charge in [-0.25, -0.2) is 27.2 Å². The number of anilines is 1. The Morgan fingerprint density at radius 1 is 1.05 bits per heavy atom. The molecule has 3 fully saturated rings. The van der Waals surface area contributed by atoms with Crippen LogP contribution in [0.25, 0.3) is 28.4 Å². The first-order valence-corrected chi connectivity index (χ1v) is 20.6. The predicted molar refractivity (Wildman–Crippen MR) is 203 cm³/mol. The molecule has 2 aliphatic carbocycles. The highest BCUT2D eigenvalue weighted by Crippen LogP contribution is 2.48. The van der Waals surface area contributed by atoms with E-state index in [1.807, 2.05) is 59.3 Å². The van der Waals surface area contributed by atoms with Gasteiger partial charge in [-0.3, -0.25) is 19.1 Å². The van der Waals surface area contributed by atoms with Crippen molar-refractivity contribution in [1.29, 1.82) is 0 Å². The number of hydrogen-bond acceptors (Lipinski definition) is 12. The van der Waals surface area contributed by atoms with E-state index >= 15 is 0 Å². The number of benzene rings is 2. The van der Waals surface area contributed by atoms with Crippen LogP contribution < -0.4 is 20.1 Å². The van der Waals surface area contributed by atoms with Crippen LogP contribution in [0.5, 0.6) is 5.88 Å². The predicted octanol–water partition coefficient (Wildman–Crippen LogP) is 4.26. The number of aromatic nitrogens is 4. The van der Waals surface area contributed by atoms with Crippen LogP contribution in [0.3, 0.4) is 0 Å². The highest BCUT2D eigenvalue weighted by molar-refractivity contribution is 7.91. The van der Waals surface area contributed by atoms with E-state index in [1.165, 1.54) is 4.90 Å². The number of alkyl halides is 2. The molecule has 4 aliphatic rings. The fourth-order valence-electron chi connectivity index (χ4n) is 7.44. The molecule has 4 heterocycles. The molecule has 57 heavy (non-hydrogen) atoms. The standard InChI is InChI=1S/C39H42F2N8O7S/c1-21(2)31-36(51)49-20-24(18-29(49)34(50)45-39(19-26(39)33(40)41)37(52)48-57(53,54)25-15-16-25)55-35-32(42-27-12-6-7-13-28(27)43-35)23-11-8-10-22(17-23)9-4-3-5-14-30-46-47-38(44-31)56-30/h4,6-13,17,21,24-26,29,31,33H,3,5,14-16,18-20H2,1-2H3,(H,44,47)(H,45,50)(H,48,52)/b9-4+/t24-,26+,29+,31+,39-/m1/s1. The summed E-state index contributed by atoms with van der Waals surface area (Å²) < 4.78 is 68.1. The number of halogens is 2. The van der Waals surface area contributed by atoms with Crippen molar-refractivity contribution in [3.63, 3.8) is 0 Å². The molecule has 0 spiro atoms. The SMILES string of the molecule is CC(C)[C@@H]1Nc2nnc(o2)CCC/C=C/c2cccc(c2)-c2nc3ccccc3nc2O[C@@H]2C[C@@H](C(=O)N[C@]3(C(=O)NS(=O)(=O)C4CC4)C[C@H]3C(F)F)N(C2)C1=O. The molecule has 2 saturated carbocycles. The molecule has 1 saturated heterocycles. The van der Waals surface area contributed by atoms with Crippen LogP contribution in [0.15, 0.2) is 59.0 Å². The second-order valence-electron chi connectivity index (χ2n) is 15.4. The number of aryl methyl sites for hydroxylation is 1. The zero-order chi connectivity index (χ0) is 40.1.